The monoisotopic (exact) mass is 261 g/mol. The van der Waals surface area contributed by atoms with E-state index < -0.39 is 30.6 Å². The standard InChI is InChI=1S/C11H17F2N3O2/c1-10(2,3)18-9(17)16-5-8(15-7-16)4-11(12,13)6-14/h5,7H,4,6,14H2,1-3H3. The predicted molar refractivity (Wildman–Crippen MR) is 61.6 cm³/mol. The molecular formula is C11H17F2N3O2. The molecule has 1 aromatic rings. The van der Waals surface area contributed by atoms with Gasteiger partial charge in [-0.1, -0.05) is 0 Å². The third kappa shape index (κ3) is 4.40. The van der Waals surface area contributed by atoms with E-state index in [2.05, 4.69) is 4.98 Å². The van der Waals surface area contributed by atoms with Crippen molar-refractivity contribution in [2.75, 3.05) is 6.54 Å². The molecule has 5 nitrogen and oxygen atoms in total. The van der Waals surface area contributed by atoms with Gasteiger partial charge in [0.05, 0.1) is 18.7 Å². The molecule has 102 valence electrons. The zero-order valence-electron chi connectivity index (χ0n) is 10.6. The minimum Gasteiger partial charge on any atom is -0.443 e. The van der Waals surface area contributed by atoms with Crippen LogP contribution in [0, 0.1) is 0 Å². The minimum absolute atomic E-state index is 0.0938. The van der Waals surface area contributed by atoms with Crippen molar-refractivity contribution in [1.82, 2.24) is 9.55 Å². The summed E-state index contributed by atoms with van der Waals surface area (Å²) in [4.78, 5) is 15.3. The molecule has 0 aliphatic rings. The molecule has 1 aromatic heterocycles. The normalized spacial score (nSPS) is 12.6. The summed E-state index contributed by atoms with van der Waals surface area (Å²) in [6.45, 7) is 4.38. The van der Waals surface area contributed by atoms with Crippen molar-refractivity contribution < 1.29 is 18.3 Å². The van der Waals surface area contributed by atoms with Crippen LogP contribution in [-0.2, 0) is 11.2 Å². The molecular weight excluding hydrogens is 244 g/mol. The Balaban J connectivity index is 2.72. The SMILES string of the molecule is CC(C)(C)OC(=O)n1cnc(CC(F)(F)CN)c1. The van der Waals surface area contributed by atoms with Crippen molar-refractivity contribution in [1.29, 1.82) is 0 Å². The molecule has 7 heteroatoms. The van der Waals surface area contributed by atoms with Crippen LogP contribution in [0.1, 0.15) is 26.5 Å². The highest BCUT2D eigenvalue weighted by Crippen LogP contribution is 2.17. The molecule has 1 rings (SSSR count). The van der Waals surface area contributed by atoms with E-state index in [-0.39, 0.29) is 5.69 Å². The fourth-order valence-electron chi connectivity index (χ4n) is 1.21. The van der Waals surface area contributed by atoms with E-state index in [1.807, 2.05) is 0 Å². The van der Waals surface area contributed by atoms with Gasteiger partial charge >= 0.3 is 6.09 Å². The first kappa shape index (κ1) is 14.6. The summed E-state index contributed by atoms with van der Waals surface area (Å²) in [5.74, 6) is -3.02. The Morgan fingerprint density at radius 2 is 2.11 bits per heavy atom. The average molecular weight is 261 g/mol. The van der Waals surface area contributed by atoms with E-state index in [0.29, 0.717) is 0 Å². The zero-order chi connectivity index (χ0) is 14.0. The van der Waals surface area contributed by atoms with Gasteiger partial charge in [0.1, 0.15) is 11.9 Å². The van der Waals surface area contributed by atoms with Gasteiger partial charge < -0.3 is 10.5 Å². The van der Waals surface area contributed by atoms with E-state index >= 15 is 0 Å². The summed E-state index contributed by atoms with van der Waals surface area (Å²) in [6, 6.07) is 0. The first-order chi connectivity index (χ1) is 8.13. The Labute approximate surface area is 104 Å². The van der Waals surface area contributed by atoms with E-state index in [0.717, 1.165) is 10.9 Å². The van der Waals surface area contributed by atoms with E-state index in [1.54, 1.807) is 20.8 Å². The molecule has 0 unspecified atom stereocenters. The molecule has 1 heterocycles. The van der Waals surface area contributed by atoms with Crippen LogP contribution < -0.4 is 5.73 Å². The lowest BCUT2D eigenvalue weighted by molar-refractivity contribution is 0.0105. The van der Waals surface area contributed by atoms with Crippen molar-refractivity contribution >= 4 is 6.09 Å². The predicted octanol–water partition coefficient (Wildman–Crippen LogP) is 1.80. The first-order valence-corrected chi connectivity index (χ1v) is 5.47. The lowest BCUT2D eigenvalue weighted by Crippen LogP contribution is -2.30. The van der Waals surface area contributed by atoms with Gasteiger partial charge in [0.2, 0.25) is 0 Å². The zero-order valence-corrected chi connectivity index (χ0v) is 10.6. The highest BCUT2D eigenvalue weighted by atomic mass is 19.3. The van der Waals surface area contributed by atoms with Crippen molar-refractivity contribution in [3.05, 3.63) is 18.2 Å². The number of hydrogen-bond donors (Lipinski definition) is 1. The van der Waals surface area contributed by atoms with E-state index in [9.17, 15) is 13.6 Å². The second-order valence-corrected chi connectivity index (χ2v) is 4.99. The summed E-state index contributed by atoms with van der Waals surface area (Å²) in [5, 5.41) is 0. The average Bonchev–Trinajstić information content (AvgIpc) is 2.63. The Morgan fingerprint density at radius 1 is 1.50 bits per heavy atom. The van der Waals surface area contributed by atoms with Gasteiger partial charge in [0.25, 0.3) is 5.92 Å². The molecule has 0 amide bonds. The number of hydrogen-bond acceptors (Lipinski definition) is 4. The molecule has 18 heavy (non-hydrogen) atoms. The number of imidazole rings is 1. The number of nitrogens with zero attached hydrogens (tertiary/aromatic N) is 2. The van der Waals surface area contributed by atoms with Gasteiger partial charge in [-0.25, -0.2) is 23.1 Å². The van der Waals surface area contributed by atoms with Gasteiger partial charge in [-0.05, 0) is 20.8 Å². The van der Waals surface area contributed by atoms with Crippen LogP contribution in [0.15, 0.2) is 12.5 Å². The first-order valence-electron chi connectivity index (χ1n) is 5.47. The lowest BCUT2D eigenvalue weighted by Gasteiger charge is -2.19. The molecule has 0 saturated heterocycles. The number of nitrogens with two attached hydrogens (primary N) is 1. The lowest BCUT2D eigenvalue weighted by atomic mass is 10.2. The highest BCUT2D eigenvalue weighted by Gasteiger charge is 2.28. The Morgan fingerprint density at radius 3 is 2.61 bits per heavy atom. The van der Waals surface area contributed by atoms with E-state index in [1.165, 1.54) is 6.20 Å². The maximum Gasteiger partial charge on any atom is 0.419 e. The number of carbonyl (C=O) groups excluding carboxylic acids is 1. The number of halogens is 2. The van der Waals surface area contributed by atoms with Crippen LogP contribution in [0.2, 0.25) is 0 Å². The summed E-state index contributed by atoms with van der Waals surface area (Å²) in [6.07, 6.45) is 1.12. The number of alkyl halides is 2. The highest BCUT2D eigenvalue weighted by molar-refractivity contribution is 5.70. The second kappa shape index (κ2) is 5.01. The topological polar surface area (TPSA) is 70.1 Å². The summed E-state index contributed by atoms with van der Waals surface area (Å²) in [5.41, 5.74) is 4.37. The Hall–Kier alpha value is -1.50. The summed E-state index contributed by atoms with van der Waals surface area (Å²) < 4.78 is 32.2. The van der Waals surface area contributed by atoms with Crippen LogP contribution >= 0.6 is 0 Å². The van der Waals surface area contributed by atoms with Crippen LogP contribution in [0.5, 0.6) is 0 Å². The van der Waals surface area contributed by atoms with Gasteiger partial charge in [-0.15, -0.1) is 0 Å². The van der Waals surface area contributed by atoms with Crippen LogP contribution in [-0.4, -0.2) is 33.7 Å². The Kier molecular flexibility index (Phi) is 4.05. The van der Waals surface area contributed by atoms with Crippen LogP contribution in [0.4, 0.5) is 13.6 Å². The molecule has 0 aliphatic carbocycles. The van der Waals surface area contributed by atoms with Gasteiger partial charge in [-0.2, -0.15) is 0 Å². The molecule has 0 fully saturated rings. The van der Waals surface area contributed by atoms with Gasteiger partial charge in [-0.3, -0.25) is 0 Å². The van der Waals surface area contributed by atoms with Crippen molar-refractivity contribution in [3.8, 4) is 0 Å². The van der Waals surface area contributed by atoms with Crippen LogP contribution in [0.25, 0.3) is 0 Å². The molecule has 2 N–H and O–H groups in total. The summed E-state index contributed by atoms with van der Waals surface area (Å²) in [7, 11) is 0. The maximum absolute atomic E-state index is 13.0. The van der Waals surface area contributed by atoms with Crippen molar-refractivity contribution in [3.63, 3.8) is 0 Å². The fraction of sp³-hybridized carbons (Fsp3) is 0.636. The number of aromatic nitrogens is 2. The van der Waals surface area contributed by atoms with Crippen molar-refractivity contribution in [2.45, 2.75) is 38.7 Å². The maximum atomic E-state index is 13.0. The number of rotatable bonds is 3. The Bertz CT molecular complexity index is 424. The molecule has 0 saturated carbocycles. The third-order valence-corrected chi connectivity index (χ3v) is 1.98. The van der Waals surface area contributed by atoms with Gasteiger partial charge in [0, 0.05) is 6.20 Å². The smallest absolute Gasteiger partial charge is 0.419 e. The third-order valence-electron chi connectivity index (χ3n) is 1.98. The number of ether oxygens (including phenoxy) is 1. The molecule has 0 atom stereocenters. The molecule has 0 bridgehead atoms. The summed E-state index contributed by atoms with van der Waals surface area (Å²) >= 11 is 0. The quantitative estimate of drug-likeness (QED) is 0.900. The largest absolute Gasteiger partial charge is 0.443 e. The minimum atomic E-state index is -3.02. The number of carbonyl (C=O) groups is 1. The molecule has 0 aromatic carbocycles. The van der Waals surface area contributed by atoms with Crippen molar-refractivity contribution in [2.24, 2.45) is 5.73 Å². The molecule has 0 aliphatic heterocycles. The van der Waals surface area contributed by atoms with Gasteiger partial charge in [0.15, 0.2) is 0 Å². The molecule has 0 radical (unpaired) electrons. The fourth-order valence-corrected chi connectivity index (χ4v) is 1.21. The molecule has 0 spiro atoms. The second-order valence-electron chi connectivity index (χ2n) is 4.99. The van der Waals surface area contributed by atoms with Crippen LogP contribution in [0.3, 0.4) is 0 Å². The van der Waals surface area contributed by atoms with E-state index in [4.69, 9.17) is 10.5 Å².